The largest absolute Gasteiger partial charge is 0.493 e. The first-order chi connectivity index (χ1) is 16.9. The number of nitrogens with one attached hydrogen (secondary N) is 2. The van der Waals surface area contributed by atoms with Gasteiger partial charge in [0.2, 0.25) is 5.91 Å². The highest BCUT2D eigenvalue weighted by Gasteiger charge is 2.18. The van der Waals surface area contributed by atoms with Gasteiger partial charge in [-0.3, -0.25) is 4.79 Å². The third kappa shape index (κ3) is 13.6. The van der Waals surface area contributed by atoms with Crippen molar-refractivity contribution < 1.29 is 28.6 Å². The van der Waals surface area contributed by atoms with Crippen molar-refractivity contribution in [1.82, 2.24) is 15.5 Å². The fourth-order valence-electron chi connectivity index (χ4n) is 3.01. The van der Waals surface area contributed by atoms with Crippen LogP contribution < -0.4 is 20.1 Å². The van der Waals surface area contributed by atoms with Crippen molar-refractivity contribution in [3.05, 3.63) is 35.9 Å². The van der Waals surface area contributed by atoms with E-state index in [0.717, 1.165) is 24.8 Å². The smallest absolute Gasteiger partial charge is 0.415 e. The van der Waals surface area contributed by atoms with Gasteiger partial charge in [0.25, 0.3) is 0 Å². The topological polar surface area (TPSA) is 106 Å². The predicted octanol–water partition coefficient (Wildman–Crippen LogP) is 5.04. The highest BCUT2D eigenvalue weighted by Crippen LogP contribution is 2.28. The summed E-state index contributed by atoms with van der Waals surface area (Å²) in [4.78, 5) is 37.6. The van der Waals surface area contributed by atoms with Crippen LogP contribution in [0.4, 0.5) is 9.59 Å². The molecule has 1 rings (SSSR count). The summed E-state index contributed by atoms with van der Waals surface area (Å²) in [5, 5.41) is 5.51. The minimum atomic E-state index is -0.594. The van der Waals surface area contributed by atoms with Crippen molar-refractivity contribution in [2.75, 3.05) is 27.2 Å². The van der Waals surface area contributed by atoms with E-state index < -0.39 is 17.8 Å². The molecule has 0 aliphatic heterocycles. The van der Waals surface area contributed by atoms with Crippen LogP contribution in [0.5, 0.6) is 11.5 Å². The SMILES string of the molecule is COc1cc(CNC(=O)CCCC/C=C/C(C)C)ccc1OC(=O)N(C)CCNC(=O)OC(C)(C)C. The van der Waals surface area contributed by atoms with Crippen LogP contribution in [0.25, 0.3) is 0 Å². The third-order valence-corrected chi connectivity index (χ3v) is 4.89. The Hall–Kier alpha value is -3.23. The molecule has 0 fully saturated rings. The normalized spacial score (nSPS) is 11.3. The Kier molecular flexibility index (Phi) is 13.4. The van der Waals surface area contributed by atoms with E-state index in [1.54, 1.807) is 46.0 Å². The molecule has 0 bridgehead atoms. The lowest BCUT2D eigenvalue weighted by Crippen LogP contribution is -2.39. The number of carbonyl (C=O) groups excluding carboxylic acids is 3. The Balaban J connectivity index is 2.46. The first-order valence-corrected chi connectivity index (χ1v) is 12.4. The lowest BCUT2D eigenvalue weighted by atomic mass is 10.1. The zero-order chi connectivity index (χ0) is 27.1. The van der Waals surface area contributed by atoms with E-state index in [4.69, 9.17) is 14.2 Å². The molecule has 0 aliphatic carbocycles. The number of likely N-dealkylation sites (N-methyl/N-ethyl adjacent to an activating group) is 1. The minimum absolute atomic E-state index is 0.000994. The molecular formula is C27H43N3O6. The molecule has 202 valence electrons. The zero-order valence-electron chi connectivity index (χ0n) is 22.8. The fourth-order valence-corrected chi connectivity index (χ4v) is 3.01. The number of ether oxygens (including phenoxy) is 3. The van der Waals surface area contributed by atoms with Crippen LogP contribution in [-0.4, -0.2) is 55.8 Å². The van der Waals surface area contributed by atoms with Crippen molar-refractivity contribution in [2.24, 2.45) is 5.92 Å². The van der Waals surface area contributed by atoms with Gasteiger partial charge in [-0.15, -0.1) is 0 Å². The van der Waals surface area contributed by atoms with Crippen LogP contribution in [0.1, 0.15) is 65.9 Å². The molecule has 0 heterocycles. The van der Waals surface area contributed by atoms with Crippen molar-refractivity contribution in [3.63, 3.8) is 0 Å². The van der Waals surface area contributed by atoms with Crippen LogP contribution in [0.2, 0.25) is 0 Å². The summed E-state index contributed by atoms with van der Waals surface area (Å²) < 4.78 is 16.0. The maximum atomic E-state index is 12.4. The van der Waals surface area contributed by atoms with E-state index in [2.05, 4.69) is 36.6 Å². The Labute approximate surface area is 215 Å². The summed E-state index contributed by atoms with van der Waals surface area (Å²) in [5.74, 6) is 1.19. The molecule has 0 saturated heterocycles. The van der Waals surface area contributed by atoms with Gasteiger partial charge >= 0.3 is 12.2 Å². The molecule has 0 aliphatic rings. The van der Waals surface area contributed by atoms with E-state index in [0.29, 0.717) is 24.6 Å². The second-order valence-electron chi connectivity index (χ2n) is 9.90. The minimum Gasteiger partial charge on any atom is -0.493 e. The first kappa shape index (κ1) is 30.8. The van der Waals surface area contributed by atoms with Gasteiger partial charge in [0.15, 0.2) is 11.5 Å². The highest BCUT2D eigenvalue weighted by atomic mass is 16.6. The second-order valence-corrected chi connectivity index (χ2v) is 9.90. The van der Waals surface area contributed by atoms with Crippen molar-refractivity contribution >= 4 is 18.1 Å². The third-order valence-electron chi connectivity index (χ3n) is 4.89. The molecule has 0 atom stereocenters. The van der Waals surface area contributed by atoms with Gasteiger partial charge in [-0.05, 0) is 63.6 Å². The Morgan fingerprint density at radius 1 is 1.08 bits per heavy atom. The molecular weight excluding hydrogens is 462 g/mol. The maximum Gasteiger partial charge on any atom is 0.415 e. The van der Waals surface area contributed by atoms with Crippen LogP contribution in [-0.2, 0) is 16.1 Å². The number of hydrogen-bond donors (Lipinski definition) is 2. The number of carbonyl (C=O) groups is 3. The van der Waals surface area contributed by atoms with Crippen molar-refractivity contribution in [1.29, 1.82) is 0 Å². The summed E-state index contributed by atoms with van der Waals surface area (Å²) in [6, 6.07) is 5.13. The van der Waals surface area contributed by atoms with Gasteiger partial charge in [0.05, 0.1) is 7.11 Å². The van der Waals surface area contributed by atoms with Crippen molar-refractivity contribution in [3.8, 4) is 11.5 Å². The van der Waals surface area contributed by atoms with E-state index in [1.165, 1.54) is 12.0 Å². The van der Waals surface area contributed by atoms with E-state index in [9.17, 15) is 14.4 Å². The van der Waals surface area contributed by atoms with Crippen LogP contribution >= 0.6 is 0 Å². The summed E-state index contributed by atoms with van der Waals surface area (Å²) in [6.45, 7) is 10.4. The van der Waals surface area contributed by atoms with E-state index in [1.807, 2.05) is 0 Å². The number of unbranched alkanes of at least 4 members (excludes halogenated alkanes) is 2. The zero-order valence-corrected chi connectivity index (χ0v) is 22.8. The van der Waals surface area contributed by atoms with Gasteiger partial charge < -0.3 is 29.7 Å². The lowest BCUT2D eigenvalue weighted by molar-refractivity contribution is -0.121. The standard InChI is InChI=1S/C27H43N3O6/c1-20(2)12-10-8-9-11-13-24(31)29-19-21-14-15-22(23(18-21)34-7)35-26(33)30(6)17-16-28-25(32)36-27(3,4)5/h10,12,14-15,18,20H,8-9,11,13,16-17,19H2,1-7H3,(H,28,32)(H,29,31)/b12-10+. The maximum absolute atomic E-state index is 12.4. The molecule has 0 saturated carbocycles. The molecule has 9 nitrogen and oxygen atoms in total. The summed E-state index contributed by atoms with van der Waals surface area (Å²) in [6.07, 6.45) is 6.49. The van der Waals surface area contributed by atoms with Gasteiger partial charge in [-0.25, -0.2) is 9.59 Å². The molecule has 2 N–H and O–H groups in total. The number of benzene rings is 1. The number of rotatable bonds is 13. The fraction of sp³-hybridized carbons (Fsp3) is 0.593. The summed E-state index contributed by atoms with van der Waals surface area (Å²) >= 11 is 0. The van der Waals surface area contributed by atoms with Gasteiger partial charge in [-0.2, -0.15) is 0 Å². The Morgan fingerprint density at radius 2 is 1.81 bits per heavy atom. The molecule has 0 aromatic heterocycles. The predicted molar refractivity (Wildman–Crippen MR) is 140 cm³/mol. The van der Waals surface area contributed by atoms with Crippen LogP contribution in [0.3, 0.4) is 0 Å². The number of alkyl carbamates (subject to hydrolysis) is 1. The average molecular weight is 506 g/mol. The van der Waals surface area contributed by atoms with Gasteiger partial charge in [0, 0.05) is 33.1 Å². The molecule has 1 aromatic carbocycles. The van der Waals surface area contributed by atoms with Crippen molar-refractivity contribution in [2.45, 2.75) is 72.4 Å². The number of methoxy groups -OCH3 is 1. The van der Waals surface area contributed by atoms with Crippen LogP contribution in [0, 0.1) is 5.92 Å². The molecule has 9 heteroatoms. The van der Waals surface area contributed by atoms with Crippen LogP contribution in [0.15, 0.2) is 30.4 Å². The first-order valence-electron chi connectivity index (χ1n) is 12.4. The average Bonchev–Trinajstić information content (AvgIpc) is 2.79. The second kappa shape index (κ2) is 15.7. The number of allylic oxidation sites excluding steroid dienone is 2. The molecule has 0 spiro atoms. The highest BCUT2D eigenvalue weighted by molar-refractivity contribution is 5.76. The summed E-state index contributed by atoms with van der Waals surface area (Å²) in [7, 11) is 3.05. The summed E-state index contributed by atoms with van der Waals surface area (Å²) in [5.41, 5.74) is 0.236. The van der Waals surface area contributed by atoms with E-state index in [-0.39, 0.29) is 24.7 Å². The molecule has 3 amide bonds. The monoisotopic (exact) mass is 505 g/mol. The molecule has 36 heavy (non-hydrogen) atoms. The Morgan fingerprint density at radius 3 is 2.44 bits per heavy atom. The van der Waals surface area contributed by atoms with E-state index >= 15 is 0 Å². The molecule has 0 radical (unpaired) electrons. The number of hydrogen-bond acceptors (Lipinski definition) is 6. The van der Waals surface area contributed by atoms with Gasteiger partial charge in [0.1, 0.15) is 5.60 Å². The number of nitrogens with zero attached hydrogens (tertiary/aromatic N) is 1. The Bertz CT molecular complexity index is 877. The van der Waals surface area contributed by atoms with Gasteiger partial charge in [-0.1, -0.05) is 32.1 Å². The quantitative estimate of drug-likeness (QED) is 0.287. The molecule has 1 aromatic rings. The number of amides is 3. The molecule has 0 unspecified atom stereocenters. The lowest BCUT2D eigenvalue weighted by Gasteiger charge is -2.21.